The van der Waals surface area contributed by atoms with Crippen LogP contribution in [0.5, 0.6) is 11.5 Å². The molecule has 0 spiro atoms. The van der Waals surface area contributed by atoms with Crippen molar-refractivity contribution < 1.29 is 36.9 Å². The Morgan fingerprint density at radius 3 is 2.02 bits per heavy atom. The van der Waals surface area contributed by atoms with E-state index in [-0.39, 0.29) is 28.3 Å². The van der Waals surface area contributed by atoms with Crippen LogP contribution in [-0.4, -0.2) is 70.8 Å². The van der Waals surface area contributed by atoms with Crippen LogP contribution in [0.1, 0.15) is 72.4 Å². The fourth-order valence-corrected chi connectivity index (χ4v) is 12.0. The molecule has 6 aromatic rings. The van der Waals surface area contributed by atoms with Crippen LogP contribution in [0.4, 0.5) is 20.2 Å². The Bertz CT molecular complexity index is 2880. The topological polar surface area (TPSA) is 159 Å². The van der Waals surface area contributed by atoms with Gasteiger partial charge >= 0.3 is 20.8 Å². The first-order valence-corrected chi connectivity index (χ1v) is 22.1. The Morgan fingerprint density at radius 2 is 1.34 bits per heavy atom. The molecule has 4 heterocycles. The van der Waals surface area contributed by atoms with Crippen molar-refractivity contribution in [2.24, 2.45) is 17.3 Å². The zero-order valence-corrected chi connectivity index (χ0v) is 36.8. The van der Waals surface area contributed by atoms with Gasteiger partial charge in [-0.2, -0.15) is 29.2 Å². The predicted molar refractivity (Wildman–Crippen MR) is 243 cm³/mol. The van der Waals surface area contributed by atoms with Gasteiger partial charge in [0.15, 0.2) is 0 Å². The molecule has 2 saturated heterocycles. The molecule has 16 heteroatoms. The lowest BCUT2D eigenvalue weighted by molar-refractivity contribution is -0.241. The zero-order chi connectivity index (χ0) is 44.6. The summed E-state index contributed by atoms with van der Waals surface area (Å²) in [6, 6.07) is 22.6. The third kappa shape index (κ3) is 6.08. The second-order valence-electron chi connectivity index (χ2n) is 19.6. The van der Waals surface area contributed by atoms with Gasteiger partial charge in [0.25, 0.3) is 0 Å². The van der Waals surface area contributed by atoms with Crippen molar-refractivity contribution in [3.8, 4) is 33.8 Å². The first-order valence-electron chi connectivity index (χ1n) is 22.1. The molecule has 0 amide bonds. The molecule has 4 N–H and O–H groups in total. The molecule has 4 aliphatic carbocycles. The molecule has 7 atom stereocenters. The van der Waals surface area contributed by atoms with Gasteiger partial charge in [-0.05, 0) is 142 Å². The Balaban J connectivity index is 0.855. The molecule has 6 aliphatic rings. The van der Waals surface area contributed by atoms with E-state index in [0.29, 0.717) is 56.7 Å². The molecule has 4 saturated carbocycles. The number of nitrogens with two attached hydrogens (primary N) is 2. The smallest absolute Gasteiger partial charge is 0.494 e. The minimum Gasteiger partial charge on any atom is -0.496 e. The molecule has 12 nitrogen and oxygen atoms in total. The van der Waals surface area contributed by atoms with Crippen LogP contribution < -0.4 is 31.9 Å². The first kappa shape index (κ1) is 41.3. The highest BCUT2D eigenvalue weighted by Crippen LogP contribution is 2.70. The summed E-state index contributed by atoms with van der Waals surface area (Å²) in [5, 5.41) is 19.3. The predicted octanol–water partition coefficient (Wildman–Crippen LogP) is 7.67. The highest BCUT2D eigenvalue weighted by Gasteiger charge is 2.74. The number of nitrogens with zero attached hydrogens (tertiary/aromatic N) is 4. The maximum Gasteiger partial charge on any atom is 0.494 e. The van der Waals surface area contributed by atoms with Crippen molar-refractivity contribution in [1.29, 1.82) is 0 Å². The van der Waals surface area contributed by atoms with Crippen molar-refractivity contribution in [2.45, 2.75) is 102 Å². The van der Waals surface area contributed by atoms with E-state index in [0.717, 1.165) is 65.5 Å². The number of aromatic nitrogens is 4. The van der Waals surface area contributed by atoms with Gasteiger partial charge in [-0.15, -0.1) is 0 Å². The monoisotopic (exact) mass is 866 g/mol. The van der Waals surface area contributed by atoms with Crippen LogP contribution in [0.2, 0.25) is 0 Å². The van der Waals surface area contributed by atoms with Gasteiger partial charge in [0.05, 0.1) is 63.8 Å². The highest BCUT2D eigenvalue weighted by atomic mass is 19.3. The first-order chi connectivity index (χ1) is 30.5. The molecule has 4 aromatic carbocycles. The molecular weight excluding hydrogens is 816 g/mol. The third-order valence-electron chi connectivity index (χ3n) is 16.2. The summed E-state index contributed by atoms with van der Waals surface area (Å²) in [5.74, 6) is 1.17. The van der Waals surface area contributed by atoms with Crippen LogP contribution in [0.15, 0.2) is 79.0 Å². The van der Waals surface area contributed by atoms with Crippen molar-refractivity contribution in [3.05, 3.63) is 84.7 Å². The highest BCUT2D eigenvalue weighted by molar-refractivity contribution is 6.62. The van der Waals surface area contributed by atoms with Crippen molar-refractivity contribution in [1.82, 2.24) is 20.4 Å². The number of nitrogen functional groups attached to an aromatic ring is 2. The molecular formula is C48H50B2F2N6O6. The van der Waals surface area contributed by atoms with E-state index < -0.39 is 32.1 Å². The number of anilines is 2. The lowest BCUT2D eigenvalue weighted by atomic mass is 9.39. The molecule has 2 aliphatic heterocycles. The summed E-state index contributed by atoms with van der Waals surface area (Å²) < 4.78 is 65.2. The summed E-state index contributed by atoms with van der Waals surface area (Å²) >= 11 is 0. The summed E-state index contributed by atoms with van der Waals surface area (Å²) in [7, 11) is 0.451. The number of halogens is 2. The van der Waals surface area contributed by atoms with Gasteiger partial charge < -0.3 is 39.6 Å². The van der Waals surface area contributed by atoms with Crippen LogP contribution in [0, 0.1) is 17.3 Å². The van der Waals surface area contributed by atoms with Gasteiger partial charge in [-0.25, -0.2) is 0 Å². The fraction of sp³-hybridized carbons (Fsp3) is 0.417. The van der Waals surface area contributed by atoms with Gasteiger partial charge in [0, 0.05) is 21.9 Å². The van der Waals surface area contributed by atoms with Crippen molar-refractivity contribution in [2.75, 3.05) is 18.6 Å². The second kappa shape index (κ2) is 14.3. The van der Waals surface area contributed by atoms with Gasteiger partial charge in [-0.1, -0.05) is 43.3 Å². The number of rotatable bonds is 9. The van der Waals surface area contributed by atoms with Gasteiger partial charge in [0.2, 0.25) is 0 Å². The van der Waals surface area contributed by atoms with E-state index >= 15 is 0 Å². The standard InChI is InChI=1S/C48H50B2F2N6O6/c1-44(24-38-42(54)32-13-9-26(19-37(32)57-58-38)33-21-29(10-14-39(33)59-6)49-61-45(2)16-7-17-46(45,3)62-49)28-20-41(44)48(5)47(4,23-28)63-50(64-48)30-11-15-40(60-43(51)52)34(22-30)27-8-12-31-35(53)25-55-56-36(31)18-27/h8-15,18-19,21-22,25,28,41,43H,7,16-17,20,23-24H2,1-6H3,(H2,53,56)(H2,54,57)/t28-,41-,44?,45-,46+,47+,48-/m0/s1. The average Bonchev–Trinajstić information content (AvgIpc) is 3.83. The van der Waals surface area contributed by atoms with E-state index in [9.17, 15) is 8.78 Å². The number of hydrogen-bond acceptors (Lipinski definition) is 12. The summed E-state index contributed by atoms with van der Waals surface area (Å²) in [6.07, 6.45) is 6.86. The average molecular weight is 867 g/mol. The van der Waals surface area contributed by atoms with E-state index in [4.69, 9.17) is 49.8 Å². The minimum atomic E-state index is -3.02. The van der Waals surface area contributed by atoms with E-state index in [2.05, 4.69) is 56.9 Å². The van der Waals surface area contributed by atoms with E-state index in [1.54, 1.807) is 37.4 Å². The summed E-state index contributed by atoms with van der Waals surface area (Å²) in [4.78, 5) is 0. The number of alkyl halides is 2. The Labute approximate surface area is 371 Å². The van der Waals surface area contributed by atoms with Crippen LogP contribution in [0.25, 0.3) is 44.1 Å². The molecule has 12 rings (SSSR count). The van der Waals surface area contributed by atoms with Crippen LogP contribution in [0.3, 0.4) is 0 Å². The second-order valence-corrected chi connectivity index (χ2v) is 19.6. The molecule has 64 heavy (non-hydrogen) atoms. The Kier molecular flexibility index (Phi) is 9.22. The van der Waals surface area contributed by atoms with Crippen LogP contribution in [-0.2, 0) is 25.0 Å². The van der Waals surface area contributed by atoms with Crippen molar-refractivity contribution >= 4 is 58.3 Å². The quantitative estimate of drug-likeness (QED) is 0.137. The lowest BCUT2D eigenvalue weighted by Crippen LogP contribution is -2.71. The van der Waals surface area contributed by atoms with Gasteiger partial charge in [0.1, 0.15) is 11.5 Å². The number of methoxy groups -OCH3 is 1. The maximum atomic E-state index is 13.7. The fourth-order valence-electron chi connectivity index (χ4n) is 12.0. The normalized spacial score (nSPS) is 30.5. The summed E-state index contributed by atoms with van der Waals surface area (Å²) in [5.41, 5.74) is 18.5. The van der Waals surface area contributed by atoms with Gasteiger partial charge in [-0.3, -0.25) is 0 Å². The van der Waals surface area contributed by atoms with E-state index in [1.807, 2.05) is 24.3 Å². The molecule has 2 bridgehead atoms. The number of ether oxygens (including phenoxy) is 2. The lowest BCUT2D eigenvalue weighted by Gasteiger charge is -2.68. The minimum absolute atomic E-state index is 0.0205. The molecule has 1 unspecified atom stereocenters. The molecule has 6 fully saturated rings. The maximum absolute atomic E-state index is 13.7. The Morgan fingerprint density at radius 1 is 0.734 bits per heavy atom. The largest absolute Gasteiger partial charge is 0.496 e. The molecule has 0 radical (unpaired) electrons. The SMILES string of the molecule is COc1ccc(B2O[C@]3(C)CCC[C@]3(C)O2)cc1-c1ccc2c(N)c(CC3(C)[C@H]4C[C@@H]3[C@]3(C)OB(c5ccc(OC(F)F)c(-c6ccc7c(N)cnnc7c6)c5)O[C@]3(C)C4)nnc2c1. The zero-order valence-electron chi connectivity index (χ0n) is 36.8. The number of hydrogen-bond donors (Lipinski definition) is 2. The number of fused-ring (bicyclic) bond motifs is 3. The summed E-state index contributed by atoms with van der Waals surface area (Å²) in [6.45, 7) is 7.87. The third-order valence-corrected chi connectivity index (χ3v) is 16.2. The van der Waals surface area contributed by atoms with Crippen molar-refractivity contribution in [3.63, 3.8) is 0 Å². The number of benzene rings is 4. The van der Waals surface area contributed by atoms with E-state index in [1.165, 1.54) is 12.3 Å². The molecule has 2 aromatic heterocycles. The molecule has 328 valence electrons. The van der Waals surface area contributed by atoms with Crippen LogP contribution >= 0.6 is 0 Å². The Hall–Kier alpha value is -5.41.